The van der Waals surface area contributed by atoms with Crippen molar-refractivity contribution >= 4 is 22.8 Å². The maximum atomic E-state index is 12.1. The molecule has 0 bridgehead atoms. The van der Waals surface area contributed by atoms with E-state index >= 15 is 0 Å². The molecule has 0 aliphatic heterocycles. The van der Waals surface area contributed by atoms with Gasteiger partial charge in [0.25, 0.3) is 5.91 Å². The number of nitrogens with one attached hydrogen (secondary N) is 1. The Hall–Kier alpha value is -2.34. The number of hydrogen-bond acceptors (Lipinski definition) is 4. The van der Waals surface area contributed by atoms with Crippen LogP contribution in [-0.2, 0) is 9.53 Å². The van der Waals surface area contributed by atoms with E-state index in [1.165, 1.54) is 13.4 Å². The molecular weight excluding hydrogens is 248 g/mol. The molecule has 1 atom stereocenters. The lowest BCUT2D eigenvalue weighted by atomic mass is 10.1. The van der Waals surface area contributed by atoms with E-state index in [9.17, 15) is 9.59 Å². The molecule has 2 rings (SSSR count). The highest BCUT2D eigenvalue weighted by molar-refractivity contribution is 6.07. The Morgan fingerprint density at radius 1 is 1.42 bits per heavy atom. The van der Waals surface area contributed by atoms with E-state index < -0.39 is 17.9 Å². The molecule has 0 aliphatic carbocycles. The van der Waals surface area contributed by atoms with Crippen LogP contribution >= 0.6 is 0 Å². The second-order valence-corrected chi connectivity index (χ2v) is 4.03. The summed E-state index contributed by atoms with van der Waals surface area (Å²) in [6, 6.07) is 6.27. The first-order valence-corrected chi connectivity index (χ1v) is 5.69. The number of furan rings is 1. The molecule has 2 aromatic rings. The van der Waals surface area contributed by atoms with Crippen LogP contribution in [0.25, 0.3) is 11.0 Å². The third-order valence-corrected chi connectivity index (χ3v) is 2.71. The molecule has 19 heavy (non-hydrogen) atoms. The number of ether oxygens (including phenoxy) is 1. The number of carbonyl (C=O) groups excluding carboxylic acids is 2. The zero-order valence-electron chi connectivity index (χ0n) is 10.4. The third-order valence-electron chi connectivity index (χ3n) is 2.71. The van der Waals surface area contributed by atoms with Gasteiger partial charge in [0.15, 0.2) is 0 Å². The van der Waals surface area contributed by atoms with Gasteiger partial charge in [-0.05, 0) is 6.07 Å². The number of para-hydroxylation sites is 1. The number of hydrogen-bond donors (Lipinski definition) is 2. The second kappa shape index (κ2) is 5.53. The Morgan fingerprint density at radius 2 is 2.16 bits per heavy atom. The van der Waals surface area contributed by atoms with Crippen molar-refractivity contribution in [3.05, 3.63) is 36.1 Å². The van der Waals surface area contributed by atoms with Gasteiger partial charge < -0.3 is 20.2 Å². The Balaban J connectivity index is 2.22. The zero-order valence-corrected chi connectivity index (χ0v) is 10.4. The largest absolute Gasteiger partial charge is 0.463 e. The average Bonchev–Trinajstić information content (AvgIpc) is 2.81. The first kappa shape index (κ1) is 13.1. The molecule has 2 amide bonds. The van der Waals surface area contributed by atoms with E-state index in [1.54, 1.807) is 18.2 Å². The van der Waals surface area contributed by atoms with Crippen LogP contribution in [0.4, 0.5) is 0 Å². The summed E-state index contributed by atoms with van der Waals surface area (Å²) in [4.78, 5) is 23.2. The molecule has 1 aromatic carbocycles. The first-order valence-electron chi connectivity index (χ1n) is 5.69. The molecule has 1 heterocycles. The van der Waals surface area contributed by atoms with Crippen molar-refractivity contribution in [3.8, 4) is 0 Å². The number of rotatable bonds is 5. The summed E-state index contributed by atoms with van der Waals surface area (Å²) in [6.07, 6.45) is 1.35. The van der Waals surface area contributed by atoms with E-state index in [2.05, 4.69) is 5.32 Å². The summed E-state index contributed by atoms with van der Waals surface area (Å²) < 4.78 is 10.1. The van der Waals surface area contributed by atoms with Crippen LogP contribution in [0.5, 0.6) is 0 Å². The van der Waals surface area contributed by atoms with E-state index in [0.717, 1.165) is 0 Å². The molecule has 0 unspecified atom stereocenters. The topological polar surface area (TPSA) is 94.6 Å². The smallest absolute Gasteiger partial charge is 0.255 e. The summed E-state index contributed by atoms with van der Waals surface area (Å²) in [6.45, 7) is 0.0247. The van der Waals surface area contributed by atoms with E-state index in [4.69, 9.17) is 14.9 Å². The van der Waals surface area contributed by atoms with Crippen molar-refractivity contribution < 1.29 is 18.7 Å². The lowest BCUT2D eigenvalue weighted by Crippen LogP contribution is -2.47. The van der Waals surface area contributed by atoms with Crippen molar-refractivity contribution in [3.63, 3.8) is 0 Å². The summed E-state index contributed by atoms with van der Waals surface area (Å²) in [5.74, 6) is -1.08. The van der Waals surface area contributed by atoms with Crippen LogP contribution in [-0.4, -0.2) is 31.6 Å². The Kier molecular flexibility index (Phi) is 3.82. The number of fused-ring (bicyclic) bond motifs is 1. The summed E-state index contributed by atoms with van der Waals surface area (Å²) >= 11 is 0. The Bertz CT molecular complexity index is 605. The number of nitrogens with two attached hydrogens (primary N) is 1. The Morgan fingerprint density at radius 3 is 2.84 bits per heavy atom. The lowest BCUT2D eigenvalue weighted by Gasteiger charge is -2.13. The maximum Gasteiger partial charge on any atom is 0.255 e. The van der Waals surface area contributed by atoms with Gasteiger partial charge in [-0.15, -0.1) is 0 Å². The van der Waals surface area contributed by atoms with Crippen LogP contribution < -0.4 is 11.1 Å². The predicted octanol–water partition coefficient (Wildman–Crippen LogP) is 0.663. The fraction of sp³-hybridized carbons (Fsp3) is 0.231. The molecule has 0 aliphatic rings. The van der Waals surface area contributed by atoms with Crippen LogP contribution in [0.2, 0.25) is 0 Å². The van der Waals surface area contributed by atoms with Gasteiger partial charge in [0.05, 0.1) is 12.2 Å². The number of primary amides is 1. The van der Waals surface area contributed by atoms with Crippen molar-refractivity contribution in [2.45, 2.75) is 6.04 Å². The highest BCUT2D eigenvalue weighted by atomic mass is 16.5. The molecular formula is C13H14N2O4. The van der Waals surface area contributed by atoms with Crippen LogP contribution in [0.15, 0.2) is 34.9 Å². The van der Waals surface area contributed by atoms with Crippen molar-refractivity contribution in [1.82, 2.24) is 5.32 Å². The van der Waals surface area contributed by atoms with Crippen LogP contribution in [0.3, 0.4) is 0 Å². The number of benzene rings is 1. The average molecular weight is 262 g/mol. The Labute approximate surface area is 109 Å². The van der Waals surface area contributed by atoms with Gasteiger partial charge in [-0.2, -0.15) is 0 Å². The van der Waals surface area contributed by atoms with Crippen molar-refractivity contribution in [2.75, 3.05) is 13.7 Å². The van der Waals surface area contributed by atoms with Gasteiger partial charge in [0.1, 0.15) is 17.9 Å². The molecule has 0 saturated heterocycles. The van der Waals surface area contributed by atoms with Crippen molar-refractivity contribution in [1.29, 1.82) is 0 Å². The molecule has 3 N–H and O–H groups in total. The molecule has 0 saturated carbocycles. The maximum absolute atomic E-state index is 12.1. The molecule has 0 fully saturated rings. The summed E-state index contributed by atoms with van der Waals surface area (Å²) in [5.41, 5.74) is 6.15. The van der Waals surface area contributed by atoms with Crippen LogP contribution in [0.1, 0.15) is 10.4 Å². The van der Waals surface area contributed by atoms with E-state index in [0.29, 0.717) is 16.5 Å². The molecule has 6 heteroatoms. The fourth-order valence-corrected chi connectivity index (χ4v) is 1.75. The molecule has 0 radical (unpaired) electrons. The van der Waals surface area contributed by atoms with Gasteiger partial charge in [-0.1, -0.05) is 18.2 Å². The van der Waals surface area contributed by atoms with Gasteiger partial charge in [0, 0.05) is 12.5 Å². The minimum Gasteiger partial charge on any atom is -0.463 e. The quantitative estimate of drug-likeness (QED) is 0.827. The SMILES string of the molecule is COC[C@@H](NC(=O)c1coc2ccccc12)C(N)=O. The molecule has 100 valence electrons. The zero-order chi connectivity index (χ0) is 13.8. The van der Waals surface area contributed by atoms with Gasteiger partial charge in [-0.25, -0.2) is 0 Å². The highest BCUT2D eigenvalue weighted by Gasteiger charge is 2.21. The minimum atomic E-state index is -0.869. The highest BCUT2D eigenvalue weighted by Crippen LogP contribution is 2.20. The summed E-state index contributed by atoms with van der Waals surface area (Å²) in [5, 5.41) is 3.19. The lowest BCUT2D eigenvalue weighted by molar-refractivity contribution is -0.121. The van der Waals surface area contributed by atoms with Gasteiger partial charge in [-0.3, -0.25) is 9.59 Å². The second-order valence-electron chi connectivity index (χ2n) is 4.03. The van der Waals surface area contributed by atoms with Crippen LogP contribution in [0, 0.1) is 0 Å². The number of amides is 2. The first-order chi connectivity index (χ1) is 9.13. The molecule has 0 spiro atoms. The molecule has 1 aromatic heterocycles. The fourth-order valence-electron chi connectivity index (χ4n) is 1.75. The van der Waals surface area contributed by atoms with Gasteiger partial charge in [0.2, 0.25) is 5.91 Å². The number of carbonyl (C=O) groups is 2. The normalized spacial score (nSPS) is 12.3. The monoisotopic (exact) mass is 262 g/mol. The summed E-state index contributed by atoms with van der Waals surface area (Å²) in [7, 11) is 1.43. The molecule has 6 nitrogen and oxygen atoms in total. The minimum absolute atomic E-state index is 0.0247. The number of methoxy groups -OCH3 is 1. The van der Waals surface area contributed by atoms with Gasteiger partial charge >= 0.3 is 0 Å². The predicted molar refractivity (Wildman–Crippen MR) is 68.5 cm³/mol. The standard InChI is InChI=1S/C13H14N2O4/c1-18-7-10(12(14)16)15-13(17)9-6-19-11-5-3-2-4-8(9)11/h2-6,10H,7H2,1H3,(H2,14,16)(H,15,17)/t10-/m1/s1. The van der Waals surface area contributed by atoms with Crippen molar-refractivity contribution in [2.24, 2.45) is 5.73 Å². The third kappa shape index (κ3) is 2.74. The van der Waals surface area contributed by atoms with E-state index in [1.807, 2.05) is 6.07 Å². The van der Waals surface area contributed by atoms with E-state index in [-0.39, 0.29) is 6.61 Å².